The van der Waals surface area contributed by atoms with E-state index in [1.807, 2.05) is 6.07 Å². The summed E-state index contributed by atoms with van der Waals surface area (Å²) in [5.41, 5.74) is 1.94. The van der Waals surface area contributed by atoms with Crippen LogP contribution in [0.4, 0.5) is 0 Å². The van der Waals surface area contributed by atoms with Crippen LogP contribution in [0, 0.1) is 11.3 Å². The van der Waals surface area contributed by atoms with Crippen molar-refractivity contribution in [3.05, 3.63) is 60.6 Å². The molecule has 0 fully saturated rings. The second kappa shape index (κ2) is 8.22. The van der Waals surface area contributed by atoms with Gasteiger partial charge in [-0.15, -0.1) is 0 Å². The fraction of sp³-hybridized carbons (Fsp3) is 0. The van der Waals surface area contributed by atoms with Crippen LogP contribution in [-0.4, -0.2) is 71.4 Å². The summed E-state index contributed by atoms with van der Waals surface area (Å²) < 4.78 is 5.73. The first-order chi connectivity index (χ1) is 12.2. The summed E-state index contributed by atoms with van der Waals surface area (Å²) in [6.45, 7) is 0. The van der Waals surface area contributed by atoms with Gasteiger partial charge in [0.25, 0.3) is 0 Å². The maximum atomic E-state index is 9.44. The Bertz CT molecular complexity index is 1070. The van der Waals surface area contributed by atoms with Crippen LogP contribution in [0.2, 0.25) is 0 Å². The maximum Gasteiger partial charge on any atom is 0.147 e. The third kappa shape index (κ3) is 3.93. The SMILES string of the molecule is N#Cc1cc(-c2nc3cncnc3s2)ccc1Oc1ccc(O)cc1.[K]. The van der Waals surface area contributed by atoms with Gasteiger partial charge in [0.1, 0.15) is 45.0 Å². The Morgan fingerprint density at radius 2 is 1.92 bits per heavy atom. The van der Waals surface area contributed by atoms with E-state index in [9.17, 15) is 10.4 Å². The number of hydrogen-bond donors (Lipinski definition) is 1. The van der Waals surface area contributed by atoms with Crippen LogP contribution in [0.25, 0.3) is 20.9 Å². The van der Waals surface area contributed by atoms with Crippen LogP contribution in [0.3, 0.4) is 0 Å². The van der Waals surface area contributed by atoms with Crippen molar-refractivity contribution in [2.75, 3.05) is 0 Å². The second-order valence-electron chi connectivity index (χ2n) is 5.15. The zero-order valence-electron chi connectivity index (χ0n) is 13.7. The molecule has 0 saturated carbocycles. The van der Waals surface area contributed by atoms with E-state index in [0.717, 1.165) is 20.9 Å². The number of benzene rings is 2. The Kier molecular flexibility index (Phi) is 5.98. The van der Waals surface area contributed by atoms with E-state index in [4.69, 9.17) is 4.74 Å². The summed E-state index contributed by atoms with van der Waals surface area (Å²) in [5.74, 6) is 1.14. The molecule has 6 nitrogen and oxygen atoms in total. The number of fused-ring (bicyclic) bond motifs is 1. The van der Waals surface area contributed by atoms with Crippen molar-refractivity contribution in [3.8, 4) is 33.9 Å². The van der Waals surface area contributed by atoms with Crippen molar-refractivity contribution in [1.82, 2.24) is 15.0 Å². The monoisotopic (exact) mass is 385 g/mol. The van der Waals surface area contributed by atoms with Gasteiger partial charge in [0, 0.05) is 56.9 Å². The molecule has 1 N–H and O–H groups in total. The predicted octanol–water partition coefficient (Wildman–Crippen LogP) is 3.74. The second-order valence-corrected chi connectivity index (χ2v) is 6.13. The number of aromatic nitrogens is 3. The number of rotatable bonds is 3. The van der Waals surface area contributed by atoms with Crippen molar-refractivity contribution in [2.45, 2.75) is 0 Å². The number of phenolic OH excluding ortho intramolecular Hbond substituents is 1. The topological polar surface area (TPSA) is 91.9 Å². The molecule has 0 unspecified atom stereocenters. The predicted molar refractivity (Wildman–Crippen MR) is 99.3 cm³/mol. The molecule has 0 spiro atoms. The molecule has 4 aromatic rings. The van der Waals surface area contributed by atoms with Crippen LogP contribution >= 0.6 is 11.3 Å². The molecule has 8 heteroatoms. The normalized spacial score (nSPS) is 10.1. The Hall–Kier alpha value is -1.86. The van der Waals surface area contributed by atoms with Gasteiger partial charge in [0.05, 0.1) is 11.8 Å². The van der Waals surface area contributed by atoms with Crippen LogP contribution < -0.4 is 4.74 Å². The van der Waals surface area contributed by atoms with E-state index < -0.39 is 0 Å². The molecule has 0 aliphatic rings. The fourth-order valence-corrected chi connectivity index (χ4v) is 3.17. The molecule has 2 aromatic carbocycles. The zero-order chi connectivity index (χ0) is 17.2. The average Bonchev–Trinajstić information content (AvgIpc) is 3.08. The van der Waals surface area contributed by atoms with Crippen molar-refractivity contribution >= 4 is 73.1 Å². The Morgan fingerprint density at radius 3 is 2.65 bits per heavy atom. The molecule has 0 aliphatic heterocycles. The third-order valence-electron chi connectivity index (χ3n) is 3.48. The molecule has 121 valence electrons. The minimum atomic E-state index is 0. The number of nitrogens with zero attached hydrogens (tertiary/aromatic N) is 4. The standard InChI is InChI=1S/C18H10N4O2S.K/c19-8-12-7-11(17-22-15-9-20-10-21-18(15)25-17)1-6-16(12)24-14-4-2-13(23)3-5-14;/h1-7,9-10,23H;. The van der Waals surface area contributed by atoms with Gasteiger partial charge in [-0.05, 0) is 42.5 Å². The average molecular weight is 385 g/mol. The quantitative estimate of drug-likeness (QED) is 0.540. The summed E-state index contributed by atoms with van der Waals surface area (Å²) in [5, 5.41) is 19.5. The van der Waals surface area contributed by atoms with Crippen LogP contribution in [0.5, 0.6) is 17.2 Å². The van der Waals surface area contributed by atoms with Crippen molar-refractivity contribution < 1.29 is 9.84 Å². The van der Waals surface area contributed by atoms with Gasteiger partial charge in [0.2, 0.25) is 0 Å². The van der Waals surface area contributed by atoms with E-state index in [-0.39, 0.29) is 57.1 Å². The van der Waals surface area contributed by atoms with Gasteiger partial charge in [-0.2, -0.15) is 5.26 Å². The van der Waals surface area contributed by atoms with E-state index in [0.29, 0.717) is 17.1 Å². The Morgan fingerprint density at radius 1 is 1.12 bits per heavy atom. The molecule has 0 saturated heterocycles. The van der Waals surface area contributed by atoms with Crippen molar-refractivity contribution in [2.24, 2.45) is 0 Å². The maximum absolute atomic E-state index is 9.44. The van der Waals surface area contributed by atoms with Gasteiger partial charge in [-0.1, -0.05) is 11.3 Å². The molecular formula is C18H10KN4O2S. The minimum Gasteiger partial charge on any atom is -0.508 e. The summed E-state index contributed by atoms with van der Waals surface area (Å²) in [6, 6.07) is 13.8. The number of phenols is 1. The van der Waals surface area contributed by atoms with Gasteiger partial charge < -0.3 is 9.84 Å². The number of thiazole rings is 1. The molecule has 0 atom stereocenters. The largest absolute Gasteiger partial charge is 0.508 e. The third-order valence-corrected chi connectivity index (χ3v) is 4.51. The van der Waals surface area contributed by atoms with Crippen LogP contribution in [-0.2, 0) is 0 Å². The van der Waals surface area contributed by atoms with E-state index in [1.54, 1.807) is 30.5 Å². The number of ether oxygens (including phenoxy) is 1. The van der Waals surface area contributed by atoms with Crippen LogP contribution in [0.15, 0.2) is 55.0 Å². The number of hydrogen-bond acceptors (Lipinski definition) is 7. The zero-order valence-corrected chi connectivity index (χ0v) is 17.7. The van der Waals surface area contributed by atoms with E-state index in [1.165, 1.54) is 29.8 Å². The fourth-order valence-electron chi connectivity index (χ4n) is 2.29. The summed E-state index contributed by atoms with van der Waals surface area (Å²) in [6.07, 6.45) is 3.15. The molecule has 2 aromatic heterocycles. The van der Waals surface area contributed by atoms with Crippen LogP contribution in [0.1, 0.15) is 5.56 Å². The number of aromatic hydroxyl groups is 1. The first-order valence-corrected chi connectivity index (χ1v) is 8.12. The van der Waals surface area contributed by atoms with Crippen molar-refractivity contribution in [1.29, 1.82) is 5.26 Å². The molecule has 0 bridgehead atoms. The molecule has 1 radical (unpaired) electrons. The molecule has 0 aliphatic carbocycles. The molecule has 4 rings (SSSR count). The molecule has 2 heterocycles. The van der Waals surface area contributed by atoms with Gasteiger partial charge >= 0.3 is 0 Å². The Labute approximate surface area is 195 Å². The summed E-state index contributed by atoms with van der Waals surface area (Å²) >= 11 is 1.44. The smallest absolute Gasteiger partial charge is 0.147 e. The minimum absolute atomic E-state index is 0. The van der Waals surface area contributed by atoms with Gasteiger partial charge in [-0.25, -0.2) is 15.0 Å². The molecule has 26 heavy (non-hydrogen) atoms. The van der Waals surface area contributed by atoms with Gasteiger partial charge in [-0.3, -0.25) is 0 Å². The molecule has 0 amide bonds. The van der Waals surface area contributed by atoms with Gasteiger partial charge in [0.15, 0.2) is 0 Å². The number of nitriles is 1. The first kappa shape index (κ1) is 18.9. The summed E-state index contributed by atoms with van der Waals surface area (Å²) in [7, 11) is 0. The summed E-state index contributed by atoms with van der Waals surface area (Å²) in [4.78, 5) is 13.4. The molecular weight excluding hydrogens is 375 g/mol. The van der Waals surface area contributed by atoms with E-state index in [2.05, 4.69) is 21.0 Å². The van der Waals surface area contributed by atoms with E-state index >= 15 is 0 Å². The Balaban J connectivity index is 0.00000196. The first-order valence-electron chi connectivity index (χ1n) is 7.31. The van der Waals surface area contributed by atoms with Crippen molar-refractivity contribution in [3.63, 3.8) is 0 Å².